The molecule has 3 aromatic rings. The minimum atomic E-state index is -0.420. The zero-order valence-electron chi connectivity index (χ0n) is 12.1. The monoisotopic (exact) mass is 295 g/mol. The highest BCUT2D eigenvalue weighted by molar-refractivity contribution is 5.62. The third kappa shape index (κ3) is 2.58. The number of nitro groups is 1. The van der Waals surface area contributed by atoms with Crippen LogP contribution in [0, 0.1) is 24.0 Å². The Labute approximate surface area is 126 Å². The lowest BCUT2D eigenvalue weighted by Gasteiger charge is -1.99. The first kappa shape index (κ1) is 13.9. The fourth-order valence-electron chi connectivity index (χ4n) is 2.17. The minimum Gasteiger partial charge on any atom is -0.416 e. The first-order valence-corrected chi connectivity index (χ1v) is 6.70. The average molecular weight is 295 g/mol. The van der Waals surface area contributed by atoms with E-state index >= 15 is 0 Å². The van der Waals surface area contributed by atoms with Crippen molar-refractivity contribution in [3.8, 4) is 22.9 Å². The van der Waals surface area contributed by atoms with E-state index in [0.717, 1.165) is 11.1 Å². The average Bonchev–Trinajstić information content (AvgIpc) is 2.97. The molecule has 0 saturated heterocycles. The highest BCUT2D eigenvalue weighted by Gasteiger charge is 2.16. The Bertz CT molecular complexity index is 855. The van der Waals surface area contributed by atoms with Crippen LogP contribution in [-0.4, -0.2) is 15.1 Å². The van der Waals surface area contributed by atoms with Gasteiger partial charge in [0, 0.05) is 22.8 Å². The van der Waals surface area contributed by atoms with Gasteiger partial charge >= 0.3 is 0 Å². The van der Waals surface area contributed by atoms with Crippen LogP contribution in [0.25, 0.3) is 22.9 Å². The summed E-state index contributed by atoms with van der Waals surface area (Å²) >= 11 is 0. The Morgan fingerprint density at radius 2 is 1.68 bits per heavy atom. The smallest absolute Gasteiger partial charge is 0.273 e. The van der Waals surface area contributed by atoms with Crippen LogP contribution in [0.15, 0.2) is 46.9 Å². The molecule has 0 aliphatic carbocycles. The van der Waals surface area contributed by atoms with Crippen molar-refractivity contribution in [3.63, 3.8) is 0 Å². The summed E-state index contributed by atoms with van der Waals surface area (Å²) in [6.07, 6.45) is 0. The Morgan fingerprint density at radius 3 is 2.32 bits per heavy atom. The van der Waals surface area contributed by atoms with Crippen LogP contribution in [0.1, 0.15) is 11.1 Å². The molecule has 0 fully saturated rings. The number of nitro benzene ring substituents is 1. The molecule has 1 heterocycles. The maximum atomic E-state index is 11.0. The van der Waals surface area contributed by atoms with Crippen LogP contribution in [0.3, 0.4) is 0 Å². The van der Waals surface area contributed by atoms with E-state index in [1.807, 2.05) is 31.2 Å². The molecule has 0 spiro atoms. The second-order valence-corrected chi connectivity index (χ2v) is 5.04. The molecule has 6 heteroatoms. The third-order valence-corrected chi connectivity index (χ3v) is 3.34. The van der Waals surface area contributed by atoms with Gasteiger partial charge in [-0.2, -0.15) is 0 Å². The Balaban J connectivity index is 2.01. The standard InChI is InChI=1S/C16H13N3O3/c1-10-4-3-5-12(8-10)15-17-18-16(22-15)13-7-6-11(2)14(9-13)19(20)21/h3-9H,1-2H3. The van der Waals surface area contributed by atoms with Gasteiger partial charge in [0.1, 0.15) is 0 Å². The summed E-state index contributed by atoms with van der Waals surface area (Å²) in [6, 6.07) is 12.6. The van der Waals surface area contributed by atoms with Crippen molar-refractivity contribution in [2.75, 3.05) is 0 Å². The van der Waals surface area contributed by atoms with Gasteiger partial charge in [0.15, 0.2) is 0 Å². The first-order valence-electron chi connectivity index (χ1n) is 6.70. The molecular weight excluding hydrogens is 282 g/mol. The Kier molecular flexibility index (Phi) is 3.42. The molecule has 0 bridgehead atoms. The Morgan fingerprint density at radius 1 is 1.00 bits per heavy atom. The summed E-state index contributed by atoms with van der Waals surface area (Å²) in [4.78, 5) is 10.6. The SMILES string of the molecule is Cc1cccc(-c2nnc(-c3ccc(C)c([N+](=O)[O-])c3)o2)c1. The van der Waals surface area contributed by atoms with Crippen LogP contribution in [0.5, 0.6) is 0 Å². The number of rotatable bonds is 3. The Hall–Kier alpha value is -3.02. The van der Waals surface area contributed by atoms with E-state index in [9.17, 15) is 10.1 Å². The topological polar surface area (TPSA) is 82.1 Å². The number of aryl methyl sites for hydroxylation is 2. The van der Waals surface area contributed by atoms with Crippen LogP contribution in [0.2, 0.25) is 0 Å². The first-order chi connectivity index (χ1) is 10.5. The fraction of sp³-hybridized carbons (Fsp3) is 0.125. The van der Waals surface area contributed by atoms with E-state index in [2.05, 4.69) is 10.2 Å². The predicted octanol–water partition coefficient (Wildman–Crippen LogP) is 3.93. The van der Waals surface area contributed by atoms with E-state index in [4.69, 9.17) is 4.42 Å². The van der Waals surface area contributed by atoms with Crippen LogP contribution in [-0.2, 0) is 0 Å². The number of nitrogens with zero attached hydrogens (tertiary/aromatic N) is 3. The summed E-state index contributed by atoms with van der Waals surface area (Å²) in [7, 11) is 0. The molecule has 0 radical (unpaired) electrons. The maximum Gasteiger partial charge on any atom is 0.273 e. The van der Waals surface area contributed by atoms with Crippen molar-refractivity contribution >= 4 is 5.69 Å². The number of hydrogen-bond donors (Lipinski definition) is 0. The van der Waals surface area contributed by atoms with E-state index in [1.54, 1.807) is 19.1 Å². The van der Waals surface area contributed by atoms with E-state index < -0.39 is 4.92 Å². The van der Waals surface area contributed by atoms with E-state index in [1.165, 1.54) is 6.07 Å². The molecule has 0 atom stereocenters. The zero-order chi connectivity index (χ0) is 15.7. The van der Waals surface area contributed by atoms with Crippen molar-refractivity contribution in [3.05, 3.63) is 63.7 Å². The van der Waals surface area contributed by atoms with Gasteiger partial charge in [-0.05, 0) is 32.0 Å². The summed E-state index contributed by atoms with van der Waals surface area (Å²) in [6.45, 7) is 3.66. The molecule has 110 valence electrons. The van der Waals surface area contributed by atoms with Gasteiger partial charge in [0.25, 0.3) is 5.69 Å². The number of benzene rings is 2. The summed E-state index contributed by atoms with van der Waals surface area (Å²) in [5, 5.41) is 19.0. The molecule has 0 unspecified atom stereocenters. The summed E-state index contributed by atoms with van der Waals surface area (Å²) in [5.74, 6) is 0.654. The fourth-order valence-corrected chi connectivity index (χ4v) is 2.17. The van der Waals surface area contributed by atoms with Crippen molar-refractivity contribution in [1.29, 1.82) is 0 Å². The number of aromatic nitrogens is 2. The lowest BCUT2D eigenvalue weighted by molar-refractivity contribution is -0.385. The molecule has 0 saturated carbocycles. The molecule has 22 heavy (non-hydrogen) atoms. The lowest BCUT2D eigenvalue weighted by Crippen LogP contribution is -1.92. The molecule has 0 amide bonds. The van der Waals surface area contributed by atoms with Crippen molar-refractivity contribution in [2.45, 2.75) is 13.8 Å². The maximum absolute atomic E-state index is 11.0. The predicted molar refractivity (Wildman–Crippen MR) is 81.3 cm³/mol. The summed E-state index contributed by atoms with van der Waals surface area (Å²) < 4.78 is 5.64. The third-order valence-electron chi connectivity index (χ3n) is 3.34. The van der Waals surface area contributed by atoms with Crippen LogP contribution in [0.4, 0.5) is 5.69 Å². The normalized spacial score (nSPS) is 10.6. The molecule has 6 nitrogen and oxygen atoms in total. The van der Waals surface area contributed by atoms with E-state index in [0.29, 0.717) is 17.0 Å². The van der Waals surface area contributed by atoms with Crippen molar-refractivity contribution < 1.29 is 9.34 Å². The van der Waals surface area contributed by atoms with Gasteiger partial charge in [0.05, 0.1) is 4.92 Å². The molecule has 3 rings (SSSR count). The largest absolute Gasteiger partial charge is 0.416 e. The quantitative estimate of drug-likeness (QED) is 0.540. The van der Waals surface area contributed by atoms with Gasteiger partial charge in [-0.15, -0.1) is 10.2 Å². The molecule has 0 aliphatic rings. The second-order valence-electron chi connectivity index (χ2n) is 5.04. The molecule has 0 N–H and O–H groups in total. The molecular formula is C16H13N3O3. The molecule has 0 aliphatic heterocycles. The highest BCUT2D eigenvalue weighted by atomic mass is 16.6. The van der Waals surface area contributed by atoms with Gasteiger partial charge in [-0.3, -0.25) is 10.1 Å². The van der Waals surface area contributed by atoms with Gasteiger partial charge < -0.3 is 4.42 Å². The zero-order valence-corrected chi connectivity index (χ0v) is 12.1. The van der Waals surface area contributed by atoms with Crippen molar-refractivity contribution in [1.82, 2.24) is 10.2 Å². The second kappa shape index (κ2) is 5.40. The van der Waals surface area contributed by atoms with E-state index in [-0.39, 0.29) is 11.6 Å². The van der Waals surface area contributed by atoms with Crippen molar-refractivity contribution in [2.24, 2.45) is 0 Å². The molecule has 2 aromatic carbocycles. The minimum absolute atomic E-state index is 0.0350. The van der Waals surface area contributed by atoms with Crippen LogP contribution >= 0.6 is 0 Å². The van der Waals surface area contributed by atoms with Crippen LogP contribution < -0.4 is 0 Å². The van der Waals surface area contributed by atoms with Gasteiger partial charge in [0.2, 0.25) is 11.8 Å². The summed E-state index contributed by atoms with van der Waals surface area (Å²) in [5.41, 5.74) is 3.06. The highest BCUT2D eigenvalue weighted by Crippen LogP contribution is 2.28. The van der Waals surface area contributed by atoms with Gasteiger partial charge in [-0.1, -0.05) is 23.8 Å². The lowest BCUT2D eigenvalue weighted by atomic mass is 10.1. The molecule has 1 aromatic heterocycles. The number of hydrogen-bond acceptors (Lipinski definition) is 5. The van der Waals surface area contributed by atoms with Gasteiger partial charge in [-0.25, -0.2) is 0 Å².